The summed E-state index contributed by atoms with van der Waals surface area (Å²) in [5.74, 6) is 2.83. The summed E-state index contributed by atoms with van der Waals surface area (Å²) in [5.41, 5.74) is 1.95. The number of likely N-dealkylation sites (tertiary alicyclic amines) is 1. The van der Waals surface area contributed by atoms with Crippen LogP contribution in [0.4, 0.5) is 5.69 Å². The Bertz CT molecular complexity index is 1100. The van der Waals surface area contributed by atoms with E-state index in [4.69, 9.17) is 4.74 Å². The van der Waals surface area contributed by atoms with Gasteiger partial charge in [0.05, 0.1) is 13.3 Å². The molecule has 2 aromatic heterocycles. The Morgan fingerprint density at radius 1 is 1.16 bits per heavy atom. The van der Waals surface area contributed by atoms with Gasteiger partial charge in [-0.3, -0.25) is 14.4 Å². The van der Waals surface area contributed by atoms with Gasteiger partial charge in [0.1, 0.15) is 11.6 Å². The summed E-state index contributed by atoms with van der Waals surface area (Å²) in [6.45, 7) is 8.01. The zero-order valence-corrected chi connectivity index (χ0v) is 18.7. The molecule has 0 unspecified atom stereocenters. The molecule has 3 aromatic rings. The lowest BCUT2D eigenvalue weighted by Crippen LogP contribution is -2.31. The van der Waals surface area contributed by atoms with Crippen LogP contribution in [0.1, 0.15) is 41.9 Å². The molecular formula is C23H29N7O2. The summed E-state index contributed by atoms with van der Waals surface area (Å²) < 4.78 is 9.18. The average Bonchev–Trinajstić information content (AvgIpc) is 3.50. The van der Waals surface area contributed by atoms with E-state index in [9.17, 15) is 4.79 Å². The van der Waals surface area contributed by atoms with Crippen molar-refractivity contribution in [2.45, 2.75) is 39.4 Å². The van der Waals surface area contributed by atoms with E-state index in [0.29, 0.717) is 29.4 Å². The monoisotopic (exact) mass is 435 g/mol. The zero-order valence-electron chi connectivity index (χ0n) is 18.7. The first-order valence-corrected chi connectivity index (χ1v) is 11.1. The number of hydrogen-bond acceptors (Lipinski definition) is 6. The predicted octanol–water partition coefficient (Wildman–Crippen LogP) is 2.62. The molecule has 1 fully saturated rings. The lowest BCUT2D eigenvalue weighted by Gasteiger charge is -2.25. The Morgan fingerprint density at radius 3 is 2.66 bits per heavy atom. The summed E-state index contributed by atoms with van der Waals surface area (Å²) in [6, 6.07) is 7.64. The fourth-order valence-corrected chi connectivity index (χ4v) is 4.78. The number of nitrogens with one attached hydrogen (secondary N) is 1. The first-order valence-electron chi connectivity index (χ1n) is 11.1. The number of hydrogen-bond donors (Lipinski definition) is 1. The smallest absolute Gasteiger partial charge is 0.293 e. The van der Waals surface area contributed by atoms with Crippen molar-refractivity contribution in [2.24, 2.45) is 11.8 Å². The second-order valence-corrected chi connectivity index (χ2v) is 9.07. The van der Waals surface area contributed by atoms with Gasteiger partial charge >= 0.3 is 0 Å². The maximum atomic E-state index is 12.9. The minimum Gasteiger partial charge on any atom is -0.497 e. The van der Waals surface area contributed by atoms with Gasteiger partial charge < -0.3 is 14.6 Å². The normalized spacial score (nSPS) is 20.2. The Morgan fingerprint density at radius 2 is 1.94 bits per heavy atom. The van der Waals surface area contributed by atoms with Crippen molar-refractivity contribution >= 4 is 11.6 Å². The van der Waals surface area contributed by atoms with E-state index in [0.717, 1.165) is 44.2 Å². The van der Waals surface area contributed by atoms with Crippen LogP contribution in [0.15, 0.2) is 36.7 Å². The highest BCUT2D eigenvalue weighted by Crippen LogP contribution is 2.33. The highest BCUT2D eigenvalue weighted by molar-refractivity contribution is 6.01. The molecule has 1 aromatic carbocycles. The van der Waals surface area contributed by atoms with Gasteiger partial charge in [-0.15, -0.1) is 10.2 Å². The zero-order chi connectivity index (χ0) is 22.2. The molecule has 9 nitrogen and oxygen atoms in total. The number of carbonyl (C=O) groups is 1. The number of benzene rings is 1. The molecule has 1 N–H and O–H groups in total. The maximum absolute atomic E-state index is 12.9. The molecule has 0 aliphatic carbocycles. The summed E-state index contributed by atoms with van der Waals surface area (Å²) in [5, 5.41) is 15.9. The van der Waals surface area contributed by atoms with Gasteiger partial charge in [-0.2, -0.15) is 5.10 Å². The van der Waals surface area contributed by atoms with Crippen LogP contribution in [0.25, 0.3) is 0 Å². The average molecular weight is 436 g/mol. The molecule has 5 rings (SSSR count). The molecule has 0 spiro atoms. The van der Waals surface area contributed by atoms with E-state index in [1.54, 1.807) is 7.11 Å². The van der Waals surface area contributed by atoms with Crippen molar-refractivity contribution in [3.8, 4) is 5.75 Å². The Balaban J connectivity index is 1.24. The standard InChI is InChI=1S/C23H29N7O2/c1-15(2)30-11-16(9-24-30)10-28-12-17-8-21-26-27-22(29(21)14-18(17)13-28)23(31)25-19-4-6-20(32-3)7-5-19/h4-7,9,11,15,17-18H,8,10,12-14H2,1-3H3,(H,25,31)/t17-,18-/m0/s1. The second-order valence-electron chi connectivity index (χ2n) is 9.07. The van der Waals surface area contributed by atoms with Crippen molar-refractivity contribution in [2.75, 3.05) is 25.5 Å². The lowest BCUT2D eigenvalue weighted by atomic mass is 9.89. The van der Waals surface area contributed by atoms with Crippen LogP contribution in [-0.4, -0.2) is 55.6 Å². The lowest BCUT2D eigenvalue weighted by molar-refractivity contribution is 0.100. The molecule has 0 bridgehead atoms. The Hall–Kier alpha value is -3.20. The van der Waals surface area contributed by atoms with Crippen molar-refractivity contribution in [1.82, 2.24) is 29.4 Å². The molecule has 2 aliphatic rings. The largest absolute Gasteiger partial charge is 0.497 e. The first kappa shape index (κ1) is 20.7. The number of amides is 1. The van der Waals surface area contributed by atoms with Crippen molar-refractivity contribution in [1.29, 1.82) is 0 Å². The minimum atomic E-state index is -0.233. The highest BCUT2D eigenvalue weighted by atomic mass is 16.5. The molecule has 1 amide bonds. The van der Waals surface area contributed by atoms with Crippen molar-refractivity contribution in [3.05, 3.63) is 53.9 Å². The van der Waals surface area contributed by atoms with E-state index < -0.39 is 0 Å². The van der Waals surface area contributed by atoms with E-state index >= 15 is 0 Å². The quantitative estimate of drug-likeness (QED) is 0.640. The topological polar surface area (TPSA) is 90.1 Å². The molecule has 2 atom stereocenters. The van der Waals surface area contributed by atoms with Crippen LogP contribution in [0.2, 0.25) is 0 Å². The van der Waals surface area contributed by atoms with Crippen LogP contribution in [0.3, 0.4) is 0 Å². The molecule has 9 heteroatoms. The van der Waals surface area contributed by atoms with Gasteiger partial charge in [0.25, 0.3) is 5.91 Å². The summed E-state index contributed by atoms with van der Waals surface area (Å²) in [6.07, 6.45) is 4.97. The van der Waals surface area contributed by atoms with Crippen molar-refractivity contribution in [3.63, 3.8) is 0 Å². The summed E-state index contributed by atoms with van der Waals surface area (Å²) in [7, 11) is 1.62. The number of anilines is 1. The van der Waals surface area contributed by atoms with Gasteiger partial charge in [0.15, 0.2) is 0 Å². The number of carbonyl (C=O) groups excluding carboxylic acids is 1. The third-order valence-corrected chi connectivity index (χ3v) is 6.48. The maximum Gasteiger partial charge on any atom is 0.293 e. The molecule has 2 aliphatic heterocycles. The molecule has 168 valence electrons. The van der Waals surface area contributed by atoms with Crippen LogP contribution in [0, 0.1) is 11.8 Å². The summed E-state index contributed by atoms with van der Waals surface area (Å²) >= 11 is 0. The van der Waals surface area contributed by atoms with Gasteiger partial charge in [0.2, 0.25) is 5.82 Å². The van der Waals surface area contributed by atoms with Gasteiger partial charge in [-0.25, -0.2) is 0 Å². The predicted molar refractivity (Wildman–Crippen MR) is 120 cm³/mol. The van der Waals surface area contributed by atoms with Crippen LogP contribution < -0.4 is 10.1 Å². The molecule has 4 heterocycles. The number of aromatic nitrogens is 5. The van der Waals surface area contributed by atoms with E-state index in [1.165, 1.54) is 5.56 Å². The van der Waals surface area contributed by atoms with Crippen LogP contribution in [0.5, 0.6) is 5.75 Å². The number of rotatable bonds is 6. The van der Waals surface area contributed by atoms with Crippen LogP contribution in [-0.2, 0) is 19.5 Å². The van der Waals surface area contributed by atoms with Gasteiger partial charge in [-0.05, 0) is 49.9 Å². The SMILES string of the molecule is COc1ccc(NC(=O)c2nnc3n2C[C@@H]2CN(Cc4cnn(C(C)C)c4)C[C@@H]2C3)cc1. The minimum absolute atomic E-state index is 0.233. The van der Waals surface area contributed by atoms with E-state index in [1.807, 2.05) is 39.7 Å². The molecule has 1 saturated heterocycles. The fourth-order valence-electron chi connectivity index (χ4n) is 4.78. The number of ether oxygens (including phenoxy) is 1. The second kappa shape index (κ2) is 8.38. The number of nitrogens with zero attached hydrogens (tertiary/aromatic N) is 6. The van der Waals surface area contributed by atoms with Gasteiger partial charge in [0, 0.05) is 56.1 Å². The van der Waals surface area contributed by atoms with Crippen molar-refractivity contribution < 1.29 is 9.53 Å². The molecule has 0 saturated carbocycles. The Kier molecular flexibility index (Phi) is 5.42. The third kappa shape index (κ3) is 4.00. The first-order chi connectivity index (χ1) is 15.5. The fraction of sp³-hybridized carbons (Fsp3) is 0.478. The van der Waals surface area contributed by atoms with E-state index in [2.05, 4.69) is 45.6 Å². The number of methoxy groups -OCH3 is 1. The highest BCUT2D eigenvalue weighted by Gasteiger charge is 2.39. The van der Waals surface area contributed by atoms with Gasteiger partial charge in [-0.1, -0.05) is 0 Å². The third-order valence-electron chi connectivity index (χ3n) is 6.48. The Labute approximate surface area is 187 Å². The molecular weight excluding hydrogens is 406 g/mol. The van der Waals surface area contributed by atoms with E-state index in [-0.39, 0.29) is 5.91 Å². The summed E-state index contributed by atoms with van der Waals surface area (Å²) in [4.78, 5) is 15.4. The number of fused-ring (bicyclic) bond motifs is 2. The molecule has 32 heavy (non-hydrogen) atoms. The molecule has 0 radical (unpaired) electrons. The van der Waals surface area contributed by atoms with Crippen LogP contribution >= 0.6 is 0 Å².